The first-order chi connectivity index (χ1) is 17.5. The van der Waals surface area contributed by atoms with Gasteiger partial charge in [0.05, 0.1) is 25.5 Å². The highest BCUT2D eigenvalue weighted by Crippen LogP contribution is 2.51. The summed E-state index contributed by atoms with van der Waals surface area (Å²) in [5, 5.41) is 5.13. The molecule has 0 aromatic heterocycles. The number of anilines is 1. The highest BCUT2D eigenvalue weighted by Gasteiger charge is 2.52. The molecule has 6 nitrogen and oxygen atoms in total. The van der Waals surface area contributed by atoms with Gasteiger partial charge in [0.25, 0.3) is 0 Å². The number of nitrogens with one attached hydrogen (secondary N) is 2. The molecule has 1 aliphatic carbocycles. The molecule has 1 heterocycles. The minimum atomic E-state index is -4.85. The number of fused-ring (bicyclic) bond motifs is 1. The number of benzene rings is 2. The molecule has 2 aromatic carbocycles. The highest BCUT2D eigenvalue weighted by molar-refractivity contribution is 5.89. The van der Waals surface area contributed by atoms with Crippen LogP contribution < -0.4 is 20.1 Å². The normalized spacial score (nSPS) is 24.0. The Labute approximate surface area is 214 Å². The third kappa shape index (κ3) is 5.21. The maximum absolute atomic E-state index is 14.4. The van der Waals surface area contributed by atoms with E-state index in [-0.39, 0.29) is 17.5 Å². The van der Waals surface area contributed by atoms with Gasteiger partial charge in [-0.15, -0.1) is 0 Å². The second-order valence-corrected chi connectivity index (χ2v) is 10.1. The Morgan fingerprint density at radius 3 is 2.49 bits per heavy atom. The predicted octanol–water partition coefficient (Wildman–Crippen LogP) is 5.96. The number of halogens is 4. The molecule has 0 bridgehead atoms. The topological polar surface area (TPSA) is 62.8 Å². The van der Waals surface area contributed by atoms with Crippen LogP contribution in [0.3, 0.4) is 0 Å². The van der Waals surface area contributed by atoms with Crippen molar-refractivity contribution in [3.8, 4) is 11.5 Å². The Morgan fingerprint density at radius 1 is 1.11 bits per heavy atom. The van der Waals surface area contributed by atoms with E-state index < -0.39 is 29.3 Å². The number of amides is 2. The highest BCUT2D eigenvalue weighted by atomic mass is 19.4. The molecule has 2 amide bonds. The van der Waals surface area contributed by atoms with Gasteiger partial charge in [-0.25, -0.2) is 9.18 Å². The molecule has 2 aromatic rings. The van der Waals surface area contributed by atoms with E-state index in [4.69, 9.17) is 9.47 Å². The SMILES string of the molecule is COc1ccc([C@@]23CC[C@H](NC(=O)Nc4cccc(C(F)(F)F)c4F)C[C@H]2N(C(C)C)CC3)cc1OC. The lowest BCUT2D eigenvalue weighted by Gasteiger charge is -2.46. The molecular formula is C27H33F4N3O3. The number of ether oxygens (including phenoxy) is 2. The van der Waals surface area contributed by atoms with Crippen LogP contribution in [-0.2, 0) is 11.6 Å². The van der Waals surface area contributed by atoms with Crippen molar-refractivity contribution < 1.29 is 31.8 Å². The van der Waals surface area contributed by atoms with Gasteiger partial charge in [0.2, 0.25) is 0 Å². The summed E-state index contributed by atoms with van der Waals surface area (Å²) in [5.41, 5.74) is -0.896. The van der Waals surface area contributed by atoms with Gasteiger partial charge < -0.3 is 20.1 Å². The molecule has 202 valence electrons. The Hall–Kier alpha value is -3.01. The average Bonchev–Trinajstić information content (AvgIpc) is 3.24. The van der Waals surface area contributed by atoms with Crippen LogP contribution in [0.2, 0.25) is 0 Å². The zero-order valence-corrected chi connectivity index (χ0v) is 21.4. The van der Waals surface area contributed by atoms with Gasteiger partial charge >= 0.3 is 12.2 Å². The molecule has 0 unspecified atom stereocenters. The maximum Gasteiger partial charge on any atom is 0.419 e. The van der Waals surface area contributed by atoms with E-state index in [0.717, 1.165) is 37.1 Å². The van der Waals surface area contributed by atoms with Crippen molar-refractivity contribution in [2.45, 2.75) is 69.2 Å². The lowest BCUT2D eigenvalue weighted by Crippen LogP contribution is -2.54. The quantitative estimate of drug-likeness (QED) is 0.459. The second kappa shape index (κ2) is 10.4. The molecule has 0 spiro atoms. The number of urea groups is 1. The molecule has 4 rings (SSSR count). The fraction of sp³-hybridized carbons (Fsp3) is 0.519. The third-order valence-electron chi connectivity index (χ3n) is 7.81. The molecular weight excluding hydrogens is 490 g/mol. The monoisotopic (exact) mass is 523 g/mol. The summed E-state index contributed by atoms with van der Waals surface area (Å²) in [7, 11) is 3.21. The molecule has 37 heavy (non-hydrogen) atoms. The number of carbonyl (C=O) groups excluding carboxylic acids is 1. The Bertz CT molecular complexity index is 1140. The van der Waals surface area contributed by atoms with Crippen LogP contribution in [0, 0.1) is 5.82 Å². The predicted molar refractivity (Wildman–Crippen MR) is 133 cm³/mol. The van der Waals surface area contributed by atoms with Crippen LogP contribution in [0.4, 0.5) is 28.0 Å². The molecule has 1 aliphatic heterocycles. The maximum atomic E-state index is 14.4. The van der Waals surface area contributed by atoms with Crippen molar-refractivity contribution in [1.82, 2.24) is 10.2 Å². The van der Waals surface area contributed by atoms with Crippen molar-refractivity contribution in [2.24, 2.45) is 0 Å². The van der Waals surface area contributed by atoms with Crippen molar-refractivity contribution >= 4 is 11.7 Å². The lowest BCUT2D eigenvalue weighted by atomic mass is 9.65. The summed E-state index contributed by atoms with van der Waals surface area (Å²) < 4.78 is 64.5. The molecule has 0 radical (unpaired) electrons. The molecule has 2 aliphatic rings. The van der Waals surface area contributed by atoms with Crippen molar-refractivity contribution in [1.29, 1.82) is 0 Å². The summed E-state index contributed by atoms with van der Waals surface area (Å²) in [6.45, 7) is 5.20. The molecule has 1 saturated carbocycles. The van der Waals surface area contributed by atoms with Gasteiger partial charge in [-0.05, 0) is 75.9 Å². The minimum absolute atomic E-state index is 0.133. The first-order valence-corrected chi connectivity index (χ1v) is 12.4. The van der Waals surface area contributed by atoms with E-state index in [1.165, 1.54) is 0 Å². The molecule has 1 saturated heterocycles. The van der Waals surface area contributed by atoms with Gasteiger partial charge in [0.1, 0.15) is 0 Å². The van der Waals surface area contributed by atoms with Crippen LogP contribution in [0.25, 0.3) is 0 Å². The molecule has 10 heteroatoms. The summed E-state index contributed by atoms with van der Waals surface area (Å²) in [4.78, 5) is 15.1. The Kier molecular flexibility index (Phi) is 7.60. The van der Waals surface area contributed by atoms with E-state index in [1.54, 1.807) is 14.2 Å². The second-order valence-electron chi connectivity index (χ2n) is 10.1. The standard InChI is InChI=1S/C27H33F4N3O3/c1-16(2)34-13-12-26(17-8-9-21(36-3)22(14-17)37-4)11-10-18(15-23(26)34)32-25(35)33-20-7-5-6-19(24(20)28)27(29,30)31/h5-9,14,16,18,23H,10-13,15H2,1-4H3,(H2,32,33,35)/t18-,23+,26-/m0/s1. The van der Waals surface area contributed by atoms with E-state index in [1.807, 2.05) is 12.1 Å². The summed E-state index contributed by atoms with van der Waals surface area (Å²) in [6.07, 6.45) is -1.75. The van der Waals surface area contributed by atoms with Crippen LogP contribution >= 0.6 is 0 Å². The first kappa shape index (κ1) is 27.0. The number of methoxy groups -OCH3 is 2. The molecule has 2 N–H and O–H groups in total. The van der Waals surface area contributed by atoms with Gasteiger partial charge in [-0.3, -0.25) is 4.90 Å². The smallest absolute Gasteiger partial charge is 0.419 e. The van der Waals surface area contributed by atoms with E-state index in [2.05, 4.69) is 35.4 Å². The van der Waals surface area contributed by atoms with E-state index in [0.29, 0.717) is 36.4 Å². The van der Waals surface area contributed by atoms with E-state index in [9.17, 15) is 22.4 Å². The van der Waals surface area contributed by atoms with Crippen LogP contribution in [-0.4, -0.2) is 49.8 Å². The lowest BCUT2D eigenvalue weighted by molar-refractivity contribution is -0.139. The summed E-state index contributed by atoms with van der Waals surface area (Å²) >= 11 is 0. The van der Waals surface area contributed by atoms with Crippen LogP contribution in [0.1, 0.15) is 50.7 Å². The molecule has 3 atom stereocenters. The number of nitrogens with zero attached hydrogens (tertiary/aromatic N) is 1. The van der Waals surface area contributed by atoms with Crippen LogP contribution in [0.15, 0.2) is 36.4 Å². The Balaban J connectivity index is 1.53. The number of alkyl halides is 3. The number of rotatable bonds is 6. The fourth-order valence-corrected chi connectivity index (χ4v) is 6.01. The number of hydrogen-bond acceptors (Lipinski definition) is 4. The minimum Gasteiger partial charge on any atom is -0.493 e. The number of carbonyl (C=O) groups is 1. The first-order valence-electron chi connectivity index (χ1n) is 12.4. The zero-order valence-electron chi connectivity index (χ0n) is 21.4. The van der Waals surface area contributed by atoms with E-state index >= 15 is 0 Å². The van der Waals surface area contributed by atoms with Crippen LogP contribution in [0.5, 0.6) is 11.5 Å². The van der Waals surface area contributed by atoms with Gasteiger partial charge in [-0.2, -0.15) is 13.2 Å². The summed E-state index contributed by atoms with van der Waals surface area (Å²) in [6, 6.07) is 8.34. The van der Waals surface area contributed by atoms with Gasteiger partial charge in [0.15, 0.2) is 17.3 Å². The Morgan fingerprint density at radius 2 is 1.84 bits per heavy atom. The van der Waals surface area contributed by atoms with Gasteiger partial charge in [-0.1, -0.05) is 12.1 Å². The number of likely N-dealkylation sites (tertiary alicyclic amines) is 1. The fourth-order valence-electron chi connectivity index (χ4n) is 6.01. The average molecular weight is 524 g/mol. The zero-order chi connectivity index (χ0) is 27.0. The van der Waals surface area contributed by atoms with Crippen molar-refractivity contribution in [3.63, 3.8) is 0 Å². The van der Waals surface area contributed by atoms with Crippen molar-refractivity contribution in [2.75, 3.05) is 26.1 Å². The largest absolute Gasteiger partial charge is 0.493 e. The third-order valence-corrected chi connectivity index (χ3v) is 7.81. The number of hydrogen-bond donors (Lipinski definition) is 2. The van der Waals surface area contributed by atoms with Gasteiger partial charge in [0, 0.05) is 23.5 Å². The summed E-state index contributed by atoms with van der Waals surface area (Å²) in [5.74, 6) is -0.173. The van der Waals surface area contributed by atoms with Crippen molar-refractivity contribution in [3.05, 3.63) is 53.3 Å². The molecule has 2 fully saturated rings.